The summed E-state index contributed by atoms with van der Waals surface area (Å²) in [5.41, 5.74) is 6.85. The van der Waals surface area contributed by atoms with E-state index in [4.69, 9.17) is 4.74 Å². The van der Waals surface area contributed by atoms with Crippen molar-refractivity contribution in [1.82, 2.24) is 19.8 Å². The quantitative estimate of drug-likeness (QED) is 0.0566. The molecule has 6 aliphatic rings. The van der Waals surface area contributed by atoms with Gasteiger partial charge in [0.2, 0.25) is 0 Å². The number of nitrogens with one attached hydrogen (secondary N) is 1. The fourth-order valence-electron chi connectivity index (χ4n) is 11.4. The first kappa shape index (κ1) is 41.7. The lowest BCUT2D eigenvalue weighted by molar-refractivity contribution is -0.385. The van der Waals surface area contributed by atoms with Crippen LogP contribution in [-0.2, 0) is 16.3 Å². The molecule has 61 heavy (non-hydrogen) atoms. The van der Waals surface area contributed by atoms with Crippen molar-refractivity contribution in [3.63, 3.8) is 0 Å². The van der Waals surface area contributed by atoms with Crippen molar-refractivity contribution >= 4 is 38.0 Å². The number of nitro benzene ring substituents is 1. The van der Waals surface area contributed by atoms with E-state index in [0.29, 0.717) is 45.5 Å². The zero-order valence-corrected chi connectivity index (χ0v) is 37.0. The van der Waals surface area contributed by atoms with E-state index >= 15 is 0 Å². The molecule has 0 amide bonds. The van der Waals surface area contributed by atoms with Gasteiger partial charge >= 0.3 is 0 Å². The Morgan fingerprint density at radius 2 is 1.74 bits per heavy atom. The number of H-pyrrole nitrogens is 1. The largest absolute Gasteiger partial charge is 0.455 e. The van der Waals surface area contributed by atoms with Crippen LogP contribution in [0.4, 0.5) is 11.4 Å². The lowest BCUT2D eigenvalue weighted by atomic mass is 9.33. The third kappa shape index (κ3) is 8.62. The highest BCUT2D eigenvalue weighted by atomic mass is 32.2. The van der Waals surface area contributed by atoms with Gasteiger partial charge in [-0.2, -0.15) is 0 Å². The number of rotatable bonds is 14. The maximum Gasteiger partial charge on any atom is 0.273 e. The molecule has 4 heterocycles. The lowest BCUT2D eigenvalue weighted by Gasteiger charge is -2.72. The van der Waals surface area contributed by atoms with Crippen molar-refractivity contribution < 1.29 is 22.9 Å². The number of likely N-dealkylation sites (tertiary alicyclic amines) is 1. The average Bonchev–Trinajstić information content (AvgIpc) is 3.68. The molecule has 4 aliphatic carbocycles. The number of pyridine rings is 1. The van der Waals surface area contributed by atoms with E-state index in [9.17, 15) is 23.3 Å². The second-order valence-corrected chi connectivity index (χ2v) is 22.2. The number of allylic oxidation sites excluding steroid dienone is 1. The number of piperazine rings is 1. The first-order valence-electron chi connectivity index (χ1n) is 22.2. The number of hydrogen-bond donors (Lipinski definition) is 1. The van der Waals surface area contributed by atoms with Crippen molar-refractivity contribution in [2.24, 2.45) is 22.2 Å². The number of aromatic nitrogens is 2. The van der Waals surface area contributed by atoms with Crippen molar-refractivity contribution in [3.8, 4) is 11.5 Å². The van der Waals surface area contributed by atoms with Gasteiger partial charge in [0.1, 0.15) is 22.9 Å². The van der Waals surface area contributed by atoms with Crippen LogP contribution in [0.15, 0.2) is 77.0 Å². The summed E-state index contributed by atoms with van der Waals surface area (Å²) < 4.78 is 34.1. The Morgan fingerprint density at radius 1 is 0.984 bits per heavy atom. The van der Waals surface area contributed by atoms with Gasteiger partial charge in [-0.05, 0) is 137 Å². The number of aryl methyl sites for hydroxylation is 1. The number of benzene rings is 2. The second-order valence-electron chi connectivity index (χ2n) is 20.2. The molecule has 10 rings (SSSR count). The van der Waals surface area contributed by atoms with Crippen LogP contribution < -0.4 is 9.64 Å². The predicted molar refractivity (Wildman–Crippen MR) is 238 cm³/mol. The van der Waals surface area contributed by atoms with Crippen LogP contribution in [0, 0.1) is 32.3 Å². The average molecular weight is 849 g/mol. The summed E-state index contributed by atoms with van der Waals surface area (Å²) >= 11 is 0. The van der Waals surface area contributed by atoms with Crippen LogP contribution >= 0.6 is 0 Å². The minimum Gasteiger partial charge on any atom is -0.455 e. The first-order chi connectivity index (χ1) is 29.1. The number of anilines is 1. The van der Waals surface area contributed by atoms with E-state index < -0.39 is 26.3 Å². The molecule has 2 aromatic heterocycles. The SMILES string of the molecule is CN1CCC(CCc2ccc(S(=O)(=O)CC(=O)c3ccc(N4CCN(CC5=C(C67CC(C)(C6)C7)CC(C)(C)CC5)CC4)cc3Oc3cnc4[nH]ccc4c3)cc2[N+](=O)[O-])CC1. The monoisotopic (exact) mass is 848 g/mol. The number of hydrogen-bond acceptors (Lipinski definition) is 10. The summed E-state index contributed by atoms with van der Waals surface area (Å²) in [6, 6.07) is 13.1. The summed E-state index contributed by atoms with van der Waals surface area (Å²) in [5, 5.41) is 13.0. The van der Waals surface area contributed by atoms with Crippen molar-refractivity contribution in [2.75, 3.05) is 63.5 Å². The summed E-state index contributed by atoms with van der Waals surface area (Å²) in [7, 11) is -2.16. The topological polar surface area (TPSA) is 142 Å². The van der Waals surface area contributed by atoms with Gasteiger partial charge in [0.15, 0.2) is 15.6 Å². The Balaban J connectivity index is 0.917. The van der Waals surface area contributed by atoms with Crippen LogP contribution in [0.1, 0.15) is 94.5 Å². The van der Waals surface area contributed by atoms with Gasteiger partial charge in [-0.15, -0.1) is 0 Å². The number of ketones is 1. The summed E-state index contributed by atoms with van der Waals surface area (Å²) in [4.78, 5) is 40.2. The molecule has 2 bridgehead atoms. The van der Waals surface area contributed by atoms with Crippen LogP contribution in [0.25, 0.3) is 11.0 Å². The van der Waals surface area contributed by atoms with Crippen LogP contribution in [0.2, 0.25) is 0 Å². The maximum absolute atomic E-state index is 14.1. The number of nitro groups is 1. The zero-order valence-electron chi connectivity index (χ0n) is 36.2. The van der Waals surface area contributed by atoms with Gasteiger partial charge in [-0.3, -0.25) is 19.8 Å². The Hall–Kier alpha value is -4.59. The number of carbonyl (C=O) groups is 1. The molecule has 324 valence electrons. The van der Waals surface area contributed by atoms with Gasteiger partial charge in [-0.1, -0.05) is 38.0 Å². The van der Waals surface area contributed by atoms with Gasteiger partial charge < -0.3 is 19.5 Å². The van der Waals surface area contributed by atoms with E-state index in [-0.39, 0.29) is 21.9 Å². The molecule has 0 radical (unpaired) electrons. The van der Waals surface area contributed by atoms with Crippen molar-refractivity contribution in [2.45, 2.75) is 89.9 Å². The fraction of sp³-hybridized carbons (Fsp3) is 0.542. The van der Waals surface area contributed by atoms with Crippen LogP contribution in [-0.4, -0.2) is 97.5 Å². The molecule has 1 N–H and O–H groups in total. The molecule has 0 atom stereocenters. The number of piperidine rings is 1. The number of carbonyl (C=O) groups excluding carboxylic acids is 1. The molecule has 0 unspecified atom stereocenters. The summed E-state index contributed by atoms with van der Waals surface area (Å²) in [6.45, 7) is 13.8. The molecule has 2 saturated heterocycles. The third-order valence-electron chi connectivity index (χ3n) is 14.7. The van der Waals surface area contributed by atoms with E-state index in [1.807, 2.05) is 24.3 Å². The number of ether oxygens (including phenoxy) is 1. The molecule has 2 aliphatic heterocycles. The number of fused-ring (bicyclic) bond motifs is 1. The highest BCUT2D eigenvalue weighted by Gasteiger charge is 2.66. The smallest absolute Gasteiger partial charge is 0.273 e. The van der Waals surface area contributed by atoms with E-state index in [1.54, 1.807) is 35.7 Å². The summed E-state index contributed by atoms with van der Waals surface area (Å²) in [6.07, 6.45) is 14.5. The zero-order chi connectivity index (χ0) is 42.7. The number of sulfone groups is 1. The predicted octanol–water partition coefficient (Wildman–Crippen LogP) is 9.01. The molecular weight excluding hydrogens is 789 g/mol. The third-order valence-corrected chi connectivity index (χ3v) is 16.3. The van der Waals surface area contributed by atoms with Gasteiger partial charge in [-0.25, -0.2) is 13.4 Å². The van der Waals surface area contributed by atoms with Crippen LogP contribution in [0.5, 0.6) is 11.5 Å². The molecule has 5 fully saturated rings. The normalized spacial score (nSPS) is 24.7. The Bertz CT molecular complexity index is 2470. The van der Waals surface area contributed by atoms with Gasteiger partial charge in [0, 0.05) is 67.7 Å². The Morgan fingerprint density at radius 3 is 2.46 bits per heavy atom. The minimum atomic E-state index is -4.25. The molecule has 2 aromatic carbocycles. The molecule has 4 aromatic rings. The minimum absolute atomic E-state index is 0.117. The van der Waals surface area contributed by atoms with Crippen molar-refractivity contribution in [3.05, 3.63) is 93.3 Å². The highest BCUT2D eigenvalue weighted by molar-refractivity contribution is 7.92. The first-order valence-corrected chi connectivity index (χ1v) is 23.9. The standard InChI is InChI=1S/C48H60N6O6S/c1-46(2)15-11-36(41(26-46)48-30-47(3,31-48)32-48)28-52-19-21-53(22-20-52)37-8-10-40(44(24-37)60-38-23-35-12-16-49-45(35)50-27-38)43(55)29-61(58,59)39-9-7-34(42(25-39)54(56)57)6-5-33-13-17-51(4)18-14-33/h7-10,12,16,23-25,27,33H,5-6,11,13-15,17-22,26,28-32H2,1-4H3,(H,49,50). The Kier molecular flexibility index (Phi) is 10.9. The fourth-order valence-corrected chi connectivity index (χ4v) is 12.6. The molecule has 12 nitrogen and oxygen atoms in total. The number of aromatic amines is 1. The van der Waals surface area contributed by atoms with E-state index in [2.05, 4.69) is 52.5 Å². The number of Topliss-reactive ketones (excluding diaryl/α,β-unsaturated/α-hetero) is 1. The second kappa shape index (κ2) is 16.0. The highest BCUT2D eigenvalue weighted by Crippen LogP contribution is 2.77. The van der Waals surface area contributed by atoms with Crippen LogP contribution in [0.3, 0.4) is 0 Å². The van der Waals surface area contributed by atoms with Gasteiger partial charge in [0.25, 0.3) is 5.69 Å². The number of nitrogens with zero attached hydrogens (tertiary/aromatic N) is 5. The molecule has 0 spiro atoms. The molecule has 3 saturated carbocycles. The Labute approximate surface area is 359 Å². The maximum atomic E-state index is 14.1. The molecule has 13 heteroatoms. The van der Waals surface area contributed by atoms with Gasteiger partial charge in [0.05, 0.1) is 21.6 Å². The van der Waals surface area contributed by atoms with E-state index in [0.717, 1.165) is 82.2 Å². The van der Waals surface area contributed by atoms with E-state index in [1.165, 1.54) is 44.6 Å². The molecular formula is C48H60N6O6S. The lowest BCUT2D eigenvalue weighted by Crippen LogP contribution is -2.61. The summed E-state index contributed by atoms with van der Waals surface area (Å²) in [5.74, 6) is -0.402. The van der Waals surface area contributed by atoms with Crippen molar-refractivity contribution in [1.29, 1.82) is 0 Å².